The number of fused-ring (bicyclic) bond motifs is 3. The van der Waals surface area contributed by atoms with Crippen molar-refractivity contribution < 1.29 is 4.39 Å². The van der Waals surface area contributed by atoms with E-state index in [4.69, 9.17) is 10.7 Å². The van der Waals surface area contributed by atoms with Crippen LogP contribution in [0.4, 0.5) is 10.2 Å². The molecule has 24 heavy (non-hydrogen) atoms. The standard InChI is InChI=1S/C16H15FN6S/c1-23-8-20-11-13(23)12-16(22-14(11)19-7-6-18)24-15(21-12)9-2-4-10(17)5-3-9/h2-5,8H,6-7,18H2,1H3,(H,19,22). The molecule has 0 spiro atoms. The predicted molar refractivity (Wildman–Crippen MR) is 94.6 cm³/mol. The summed E-state index contributed by atoms with van der Waals surface area (Å²) < 4.78 is 15.1. The largest absolute Gasteiger partial charge is 0.367 e. The third kappa shape index (κ3) is 2.40. The number of nitrogens with two attached hydrogens (primary N) is 1. The first-order valence-corrected chi connectivity index (χ1v) is 8.30. The van der Waals surface area contributed by atoms with Crippen LogP contribution in [-0.4, -0.2) is 32.6 Å². The summed E-state index contributed by atoms with van der Waals surface area (Å²) in [5.41, 5.74) is 8.93. The van der Waals surface area contributed by atoms with Crippen molar-refractivity contribution >= 4 is 38.5 Å². The van der Waals surface area contributed by atoms with Gasteiger partial charge < -0.3 is 15.6 Å². The summed E-state index contributed by atoms with van der Waals surface area (Å²) in [6.45, 7) is 1.13. The minimum atomic E-state index is -0.264. The summed E-state index contributed by atoms with van der Waals surface area (Å²) in [7, 11) is 1.93. The molecular weight excluding hydrogens is 327 g/mol. The zero-order valence-corrected chi connectivity index (χ0v) is 13.8. The number of thiazole rings is 1. The summed E-state index contributed by atoms with van der Waals surface area (Å²) in [6.07, 6.45) is 1.75. The fourth-order valence-electron chi connectivity index (χ4n) is 2.61. The molecule has 4 rings (SSSR count). The highest BCUT2D eigenvalue weighted by Gasteiger charge is 2.17. The number of nitrogens with zero attached hydrogens (tertiary/aromatic N) is 4. The van der Waals surface area contributed by atoms with E-state index in [2.05, 4.69) is 15.3 Å². The van der Waals surface area contributed by atoms with Gasteiger partial charge in [0.1, 0.15) is 32.2 Å². The Bertz CT molecular complexity index is 1020. The van der Waals surface area contributed by atoms with Gasteiger partial charge in [-0.05, 0) is 24.3 Å². The molecule has 3 aromatic heterocycles. The molecule has 0 fully saturated rings. The Kier molecular flexibility index (Phi) is 3.62. The number of pyridine rings is 1. The highest BCUT2D eigenvalue weighted by Crippen LogP contribution is 2.35. The van der Waals surface area contributed by atoms with Crippen LogP contribution in [0.5, 0.6) is 0 Å². The van der Waals surface area contributed by atoms with Gasteiger partial charge in [-0.15, -0.1) is 0 Å². The molecule has 0 unspecified atom stereocenters. The maximum Gasteiger partial charge on any atom is 0.156 e. The van der Waals surface area contributed by atoms with Crippen molar-refractivity contribution in [2.45, 2.75) is 0 Å². The topological polar surface area (TPSA) is 81.7 Å². The Morgan fingerprint density at radius 3 is 2.75 bits per heavy atom. The fraction of sp³-hybridized carbons (Fsp3) is 0.188. The van der Waals surface area contributed by atoms with Gasteiger partial charge in [0.2, 0.25) is 0 Å². The second-order valence-electron chi connectivity index (χ2n) is 5.41. The van der Waals surface area contributed by atoms with Crippen LogP contribution in [-0.2, 0) is 7.05 Å². The average Bonchev–Trinajstić information content (AvgIpc) is 3.17. The molecular formula is C16H15FN6S. The maximum atomic E-state index is 13.1. The molecule has 1 aromatic carbocycles. The summed E-state index contributed by atoms with van der Waals surface area (Å²) in [5, 5.41) is 4.02. The van der Waals surface area contributed by atoms with E-state index in [1.165, 1.54) is 23.5 Å². The Hall–Kier alpha value is -2.58. The minimum Gasteiger partial charge on any atom is -0.367 e. The average molecular weight is 342 g/mol. The number of halogens is 1. The highest BCUT2D eigenvalue weighted by atomic mass is 32.1. The predicted octanol–water partition coefficient (Wildman–Crippen LogP) is 2.75. The van der Waals surface area contributed by atoms with Crippen molar-refractivity contribution in [3.8, 4) is 10.6 Å². The number of benzene rings is 1. The second-order valence-corrected chi connectivity index (χ2v) is 6.39. The van der Waals surface area contributed by atoms with Gasteiger partial charge in [-0.1, -0.05) is 11.3 Å². The second kappa shape index (κ2) is 5.81. The van der Waals surface area contributed by atoms with E-state index in [0.29, 0.717) is 18.9 Å². The van der Waals surface area contributed by atoms with Gasteiger partial charge in [-0.3, -0.25) is 0 Å². The number of imidazole rings is 1. The third-order valence-corrected chi connectivity index (χ3v) is 4.73. The van der Waals surface area contributed by atoms with Gasteiger partial charge in [0.25, 0.3) is 0 Å². The molecule has 4 aromatic rings. The number of rotatable bonds is 4. The summed E-state index contributed by atoms with van der Waals surface area (Å²) in [6, 6.07) is 6.31. The zero-order valence-electron chi connectivity index (χ0n) is 13.0. The number of hydrogen-bond acceptors (Lipinski definition) is 6. The molecule has 6 nitrogen and oxygen atoms in total. The van der Waals surface area contributed by atoms with Crippen LogP contribution in [0.1, 0.15) is 0 Å². The lowest BCUT2D eigenvalue weighted by Crippen LogP contribution is -2.14. The van der Waals surface area contributed by atoms with Crippen molar-refractivity contribution in [2.24, 2.45) is 12.8 Å². The zero-order chi connectivity index (χ0) is 16.7. The van der Waals surface area contributed by atoms with Crippen LogP contribution in [0.25, 0.3) is 32.0 Å². The monoisotopic (exact) mass is 342 g/mol. The number of hydrogen-bond donors (Lipinski definition) is 2. The lowest BCUT2D eigenvalue weighted by atomic mass is 10.2. The normalized spacial score (nSPS) is 11.5. The van der Waals surface area contributed by atoms with Gasteiger partial charge >= 0.3 is 0 Å². The fourth-order valence-corrected chi connectivity index (χ4v) is 3.56. The first-order chi connectivity index (χ1) is 11.7. The Labute approximate surface area is 141 Å². The van der Waals surface area contributed by atoms with Crippen molar-refractivity contribution in [2.75, 3.05) is 18.4 Å². The molecule has 0 saturated carbocycles. The van der Waals surface area contributed by atoms with E-state index < -0.39 is 0 Å². The number of aryl methyl sites for hydroxylation is 1. The SMILES string of the molecule is Cn1cnc2c(NCCN)nc3sc(-c4ccc(F)cc4)nc3c21. The number of nitrogens with one attached hydrogen (secondary N) is 1. The highest BCUT2D eigenvalue weighted by molar-refractivity contribution is 7.21. The molecule has 0 aliphatic carbocycles. The van der Waals surface area contributed by atoms with E-state index in [0.717, 1.165) is 32.0 Å². The van der Waals surface area contributed by atoms with Crippen molar-refractivity contribution in [1.29, 1.82) is 0 Å². The molecule has 0 radical (unpaired) electrons. The smallest absolute Gasteiger partial charge is 0.156 e. The van der Waals surface area contributed by atoms with Crippen LogP contribution in [0.3, 0.4) is 0 Å². The minimum absolute atomic E-state index is 0.264. The lowest BCUT2D eigenvalue weighted by molar-refractivity contribution is 0.628. The molecule has 0 bridgehead atoms. The third-order valence-electron chi connectivity index (χ3n) is 3.74. The number of anilines is 1. The van der Waals surface area contributed by atoms with Crippen LogP contribution < -0.4 is 11.1 Å². The van der Waals surface area contributed by atoms with Crippen molar-refractivity contribution in [3.05, 3.63) is 36.4 Å². The molecule has 3 heterocycles. The Morgan fingerprint density at radius 2 is 2.00 bits per heavy atom. The molecule has 0 aliphatic rings. The molecule has 122 valence electrons. The summed E-state index contributed by atoms with van der Waals surface area (Å²) in [5.74, 6) is 0.443. The van der Waals surface area contributed by atoms with Gasteiger partial charge in [0.15, 0.2) is 5.82 Å². The van der Waals surface area contributed by atoms with E-state index in [1.807, 2.05) is 11.6 Å². The molecule has 0 aliphatic heterocycles. The van der Waals surface area contributed by atoms with E-state index in [9.17, 15) is 4.39 Å². The van der Waals surface area contributed by atoms with Crippen LogP contribution in [0, 0.1) is 5.82 Å². The van der Waals surface area contributed by atoms with Gasteiger partial charge in [-0.2, -0.15) is 0 Å². The van der Waals surface area contributed by atoms with Crippen molar-refractivity contribution in [3.63, 3.8) is 0 Å². The maximum absolute atomic E-state index is 13.1. The van der Waals surface area contributed by atoms with Crippen LogP contribution in [0.15, 0.2) is 30.6 Å². The first-order valence-electron chi connectivity index (χ1n) is 7.49. The molecule has 0 atom stereocenters. The lowest BCUT2D eigenvalue weighted by Gasteiger charge is -2.05. The van der Waals surface area contributed by atoms with Crippen LogP contribution >= 0.6 is 11.3 Å². The summed E-state index contributed by atoms with van der Waals surface area (Å²) >= 11 is 1.47. The van der Waals surface area contributed by atoms with Gasteiger partial charge in [-0.25, -0.2) is 19.3 Å². The van der Waals surface area contributed by atoms with Gasteiger partial charge in [0, 0.05) is 25.7 Å². The van der Waals surface area contributed by atoms with Gasteiger partial charge in [0.05, 0.1) is 6.33 Å². The quantitative estimate of drug-likeness (QED) is 0.596. The molecule has 0 amide bonds. The molecule has 0 saturated heterocycles. The molecule has 8 heteroatoms. The van der Waals surface area contributed by atoms with Crippen LogP contribution in [0.2, 0.25) is 0 Å². The Morgan fingerprint density at radius 1 is 1.21 bits per heavy atom. The van der Waals surface area contributed by atoms with E-state index in [1.54, 1.807) is 18.5 Å². The first kappa shape index (κ1) is 15.0. The molecule has 3 N–H and O–H groups in total. The van der Waals surface area contributed by atoms with Crippen molar-refractivity contribution in [1.82, 2.24) is 19.5 Å². The van der Waals surface area contributed by atoms with E-state index >= 15 is 0 Å². The Balaban J connectivity index is 1.93. The van der Waals surface area contributed by atoms with E-state index in [-0.39, 0.29) is 5.82 Å². The summed E-state index contributed by atoms with van der Waals surface area (Å²) in [4.78, 5) is 14.6. The number of aromatic nitrogens is 4.